The third kappa shape index (κ3) is 6.48. The topological polar surface area (TPSA) is 75.7 Å². The number of halogens is 2. The monoisotopic (exact) mass is 506 g/mol. The van der Waals surface area contributed by atoms with Gasteiger partial charge in [0.05, 0.1) is 29.6 Å². The van der Waals surface area contributed by atoms with Gasteiger partial charge in [0, 0.05) is 11.6 Å². The zero-order valence-corrected chi connectivity index (χ0v) is 20.5. The summed E-state index contributed by atoms with van der Waals surface area (Å²) in [6.07, 6.45) is 0. The van der Waals surface area contributed by atoms with E-state index in [9.17, 15) is 13.2 Å². The fraction of sp³-hybridized carbons (Fsp3) is 0.208. The highest BCUT2D eigenvalue weighted by Gasteiger charge is 2.28. The molecule has 0 heterocycles. The van der Waals surface area contributed by atoms with Crippen LogP contribution in [0.2, 0.25) is 10.0 Å². The predicted molar refractivity (Wildman–Crippen MR) is 130 cm³/mol. The van der Waals surface area contributed by atoms with Crippen molar-refractivity contribution in [3.05, 3.63) is 94.0 Å². The summed E-state index contributed by atoms with van der Waals surface area (Å²) in [5.74, 6) is -0.0728. The maximum atomic E-state index is 13.4. The lowest BCUT2D eigenvalue weighted by Crippen LogP contribution is -2.41. The summed E-state index contributed by atoms with van der Waals surface area (Å²) in [5.41, 5.74) is 1.60. The molecule has 33 heavy (non-hydrogen) atoms. The number of nitrogens with one attached hydrogen (secondary N) is 1. The smallest absolute Gasteiger partial charge is 0.243 e. The van der Waals surface area contributed by atoms with E-state index in [1.165, 1.54) is 25.3 Å². The fourth-order valence-electron chi connectivity index (χ4n) is 3.25. The summed E-state index contributed by atoms with van der Waals surface area (Å²) < 4.78 is 33.1. The molecule has 1 atom stereocenters. The van der Waals surface area contributed by atoms with Gasteiger partial charge < -0.3 is 10.1 Å². The third-order valence-corrected chi connectivity index (χ3v) is 7.37. The molecule has 0 fully saturated rings. The van der Waals surface area contributed by atoms with Crippen molar-refractivity contribution in [2.24, 2.45) is 0 Å². The molecule has 0 saturated heterocycles. The van der Waals surface area contributed by atoms with E-state index in [-0.39, 0.29) is 29.0 Å². The number of amides is 1. The molecule has 1 N–H and O–H groups in total. The van der Waals surface area contributed by atoms with Gasteiger partial charge in [0.25, 0.3) is 0 Å². The molecule has 1 unspecified atom stereocenters. The minimum absolute atomic E-state index is 0.0234. The minimum atomic E-state index is -4.03. The first-order chi connectivity index (χ1) is 15.7. The van der Waals surface area contributed by atoms with Crippen LogP contribution in [0.3, 0.4) is 0 Å². The number of benzene rings is 3. The first kappa shape index (κ1) is 25.1. The Morgan fingerprint density at radius 2 is 1.70 bits per heavy atom. The van der Waals surface area contributed by atoms with Crippen LogP contribution in [0.15, 0.2) is 77.7 Å². The van der Waals surface area contributed by atoms with Crippen LogP contribution in [-0.4, -0.2) is 32.3 Å². The highest BCUT2D eigenvalue weighted by atomic mass is 35.5. The molecule has 0 radical (unpaired) electrons. The minimum Gasteiger partial charge on any atom is -0.495 e. The van der Waals surface area contributed by atoms with E-state index in [1.807, 2.05) is 37.3 Å². The molecule has 0 spiro atoms. The first-order valence-corrected chi connectivity index (χ1v) is 12.3. The average Bonchev–Trinajstić information content (AvgIpc) is 2.79. The molecule has 0 aromatic heterocycles. The van der Waals surface area contributed by atoms with Gasteiger partial charge in [0.1, 0.15) is 5.75 Å². The largest absolute Gasteiger partial charge is 0.495 e. The quantitative estimate of drug-likeness (QED) is 0.439. The Morgan fingerprint density at radius 1 is 1.03 bits per heavy atom. The van der Waals surface area contributed by atoms with Crippen molar-refractivity contribution < 1.29 is 17.9 Å². The summed E-state index contributed by atoms with van der Waals surface area (Å²) in [4.78, 5) is 12.8. The van der Waals surface area contributed by atoms with Crippen molar-refractivity contribution in [1.29, 1.82) is 0 Å². The molecule has 3 aromatic rings. The number of carbonyl (C=O) groups excluding carboxylic acids is 1. The van der Waals surface area contributed by atoms with E-state index in [0.717, 1.165) is 15.4 Å². The van der Waals surface area contributed by atoms with Crippen LogP contribution in [0.4, 0.5) is 0 Å². The van der Waals surface area contributed by atoms with Gasteiger partial charge in [-0.1, -0.05) is 65.7 Å². The molecule has 9 heteroatoms. The second kappa shape index (κ2) is 11.0. The van der Waals surface area contributed by atoms with Crippen molar-refractivity contribution in [3.8, 4) is 5.75 Å². The fourth-order valence-corrected chi connectivity index (χ4v) is 5.11. The second-order valence-corrected chi connectivity index (χ2v) is 10.2. The molecule has 1 amide bonds. The predicted octanol–water partition coefficient (Wildman–Crippen LogP) is 5.07. The van der Waals surface area contributed by atoms with E-state index < -0.39 is 15.9 Å². The van der Waals surface area contributed by atoms with Gasteiger partial charge in [-0.15, -0.1) is 0 Å². The standard InChI is InChI=1S/C24H24Cl2N2O4S/c1-17(19-8-10-20(25)11-9-19)27-24(29)16-28(15-18-6-4-3-5-7-18)33(30,31)21-12-13-23(32-2)22(26)14-21/h3-14,17H,15-16H2,1-2H3,(H,27,29). The molecule has 6 nitrogen and oxygen atoms in total. The lowest BCUT2D eigenvalue weighted by molar-refractivity contribution is -0.122. The van der Waals surface area contributed by atoms with Gasteiger partial charge in [-0.3, -0.25) is 4.79 Å². The Labute approximate surface area is 204 Å². The molecule has 3 rings (SSSR count). The summed E-state index contributed by atoms with van der Waals surface area (Å²) in [6, 6.07) is 20.1. The molecule has 0 aliphatic rings. The molecule has 3 aromatic carbocycles. The van der Waals surface area contributed by atoms with Gasteiger partial charge in [-0.2, -0.15) is 4.31 Å². The van der Waals surface area contributed by atoms with E-state index >= 15 is 0 Å². The Morgan fingerprint density at radius 3 is 2.30 bits per heavy atom. The van der Waals surface area contributed by atoms with Crippen molar-refractivity contribution in [3.63, 3.8) is 0 Å². The van der Waals surface area contributed by atoms with Gasteiger partial charge in [-0.05, 0) is 48.4 Å². The Hall–Kier alpha value is -2.58. The SMILES string of the molecule is COc1ccc(S(=O)(=O)N(CC(=O)NC(C)c2ccc(Cl)cc2)Cc2ccccc2)cc1Cl. The second-order valence-electron chi connectivity index (χ2n) is 7.40. The molecular weight excluding hydrogens is 483 g/mol. The normalized spacial score (nSPS) is 12.4. The van der Waals surface area contributed by atoms with E-state index in [0.29, 0.717) is 10.8 Å². The summed E-state index contributed by atoms with van der Waals surface area (Å²) in [5, 5.41) is 3.61. The van der Waals surface area contributed by atoms with E-state index in [4.69, 9.17) is 27.9 Å². The number of rotatable bonds is 9. The number of hydrogen-bond acceptors (Lipinski definition) is 4. The van der Waals surface area contributed by atoms with Gasteiger partial charge in [0.2, 0.25) is 15.9 Å². The lowest BCUT2D eigenvalue weighted by Gasteiger charge is -2.23. The summed E-state index contributed by atoms with van der Waals surface area (Å²) in [7, 11) is -2.59. The van der Waals surface area contributed by atoms with Crippen LogP contribution in [-0.2, 0) is 21.4 Å². The first-order valence-electron chi connectivity index (χ1n) is 10.1. The van der Waals surface area contributed by atoms with E-state index in [2.05, 4.69) is 5.32 Å². The Balaban J connectivity index is 1.85. The van der Waals surface area contributed by atoms with Gasteiger partial charge in [0.15, 0.2) is 0 Å². The van der Waals surface area contributed by atoms with Crippen LogP contribution in [0, 0.1) is 0 Å². The number of hydrogen-bond donors (Lipinski definition) is 1. The van der Waals surface area contributed by atoms with E-state index in [1.54, 1.807) is 24.3 Å². The third-order valence-electron chi connectivity index (χ3n) is 5.03. The highest BCUT2D eigenvalue weighted by molar-refractivity contribution is 7.89. The maximum Gasteiger partial charge on any atom is 0.243 e. The average molecular weight is 507 g/mol. The molecular formula is C24H24Cl2N2O4S. The molecule has 174 valence electrons. The summed E-state index contributed by atoms with van der Waals surface area (Å²) >= 11 is 12.1. The zero-order valence-electron chi connectivity index (χ0n) is 18.2. The van der Waals surface area contributed by atoms with Crippen molar-refractivity contribution in [2.45, 2.75) is 24.4 Å². The lowest BCUT2D eigenvalue weighted by atomic mass is 10.1. The van der Waals surface area contributed by atoms with Crippen molar-refractivity contribution >= 4 is 39.1 Å². The van der Waals surface area contributed by atoms with Gasteiger partial charge in [-0.25, -0.2) is 8.42 Å². The molecule has 0 saturated carbocycles. The maximum absolute atomic E-state index is 13.4. The van der Waals surface area contributed by atoms with Crippen LogP contribution >= 0.6 is 23.2 Å². The number of ether oxygens (including phenoxy) is 1. The Kier molecular flexibility index (Phi) is 8.37. The van der Waals surface area contributed by atoms with Crippen molar-refractivity contribution in [1.82, 2.24) is 9.62 Å². The number of carbonyl (C=O) groups is 1. The summed E-state index contributed by atoms with van der Waals surface area (Å²) in [6.45, 7) is 1.48. The van der Waals surface area contributed by atoms with Gasteiger partial charge >= 0.3 is 0 Å². The van der Waals surface area contributed by atoms with Crippen LogP contribution in [0.1, 0.15) is 24.1 Å². The molecule has 0 aliphatic carbocycles. The van der Waals surface area contributed by atoms with Crippen molar-refractivity contribution in [2.75, 3.05) is 13.7 Å². The number of methoxy groups -OCH3 is 1. The Bertz CT molecular complexity index is 1200. The zero-order chi connectivity index (χ0) is 24.0. The number of nitrogens with zero attached hydrogens (tertiary/aromatic N) is 1. The molecule has 0 bridgehead atoms. The molecule has 0 aliphatic heterocycles. The van der Waals surface area contributed by atoms with Crippen LogP contribution in [0.25, 0.3) is 0 Å². The highest BCUT2D eigenvalue weighted by Crippen LogP contribution is 2.29. The van der Waals surface area contributed by atoms with Crippen LogP contribution < -0.4 is 10.1 Å². The number of sulfonamides is 1. The van der Waals surface area contributed by atoms with Crippen LogP contribution in [0.5, 0.6) is 5.75 Å².